The fraction of sp³-hybridized carbons (Fsp3) is 0.174. The van der Waals surface area contributed by atoms with E-state index in [0.717, 1.165) is 16.0 Å². The Kier molecular flexibility index (Phi) is 6.13. The fourth-order valence-electron chi connectivity index (χ4n) is 2.91. The molecule has 0 aromatic heterocycles. The van der Waals surface area contributed by atoms with Gasteiger partial charge in [-0.05, 0) is 42.7 Å². The molecule has 3 aromatic carbocycles. The SMILES string of the molecule is Cc1ccccc1[C@@H](NC(=O)[C@H](C)Sc1ccccc1)c1ccccc1. The molecule has 0 aliphatic rings. The van der Waals surface area contributed by atoms with Gasteiger partial charge in [0.15, 0.2) is 0 Å². The first-order valence-electron chi connectivity index (χ1n) is 8.77. The van der Waals surface area contributed by atoms with Gasteiger partial charge in [0.1, 0.15) is 0 Å². The van der Waals surface area contributed by atoms with Gasteiger partial charge in [0, 0.05) is 4.90 Å². The van der Waals surface area contributed by atoms with Crippen LogP contribution in [0.1, 0.15) is 29.7 Å². The summed E-state index contributed by atoms with van der Waals surface area (Å²) in [5.41, 5.74) is 3.39. The zero-order valence-corrected chi connectivity index (χ0v) is 15.9. The van der Waals surface area contributed by atoms with Gasteiger partial charge in [0.05, 0.1) is 11.3 Å². The Labute approximate surface area is 159 Å². The first-order valence-corrected chi connectivity index (χ1v) is 9.65. The molecule has 0 radical (unpaired) electrons. The van der Waals surface area contributed by atoms with Gasteiger partial charge in [0.25, 0.3) is 0 Å². The number of carbonyl (C=O) groups is 1. The smallest absolute Gasteiger partial charge is 0.233 e. The molecule has 0 aliphatic heterocycles. The van der Waals surface area contributed by atoms with Crippen molar-refractivity contribution in [2.75, 3.05) is 0 Å². The molecule has 2 nitrogen and oxygen atoms in total. The third-order valence-corrected chi connectivity index (χ3v) is 5.46. The van der Waals surface area contributed by atoms with Crippen LogP contribution in [0.4, 0.5) is 0 Å². The van der Waals surface area contributed by atoms with Crippen molar-refractivity contribution in [3.05, 3.63) is 102 Å². The molecule has 3 rings (SSSR count). The minimum atomic E-state index is -0.173. The molecule has 0 aliphatic carbocycles. The summed E-state index contributed by atoms with van der Waals surface area (Å²) in [6.07, 6.45) is 0. The monoisotopic (exact) mass is 361 g/mol. The summed E-state index contributed by atoms with van der Waals surface area (Å²) >= 11 is 1.58. The van der Waals surface area contributed by atoms with Crippen LogP contribution in [0.5, 0.6) is 0 Å². The number of nitrogens with one attached hydrogen (secondary N) is 1. The number of rotatable bonds is 6. The minimum absolute atomic E-state index is 0.0379. The number of hydrogen-bond acceptors (Lipinski definition) is 2. The van der Waals surface area contributed by atoms with Gasteiger partial charge in [-0.25, -0.2) is 0 Å². The summed E-state index contributed by atoms with van der Waals surface area (Å²) in [5.74, 6) is 0.0379. The minimum Gasteiger partial charge on any atom is -0.344 e. The summed E-state index contributed by atoms with van der Waals surface area (Å²) in [6.45, 7) is 4.03. The molecule has 26 heavy (non-hydrogen) atoms. The van der Waals surface area contributed by atoms with Crippen molar-refractivity contribution in [3.8, 4) is 0 Å². The van der Waals surface area contributed by atoms with Crippen molar-refractivity contribution >= 4 is 17.7 Å². The van der Waals surface area contributed by atoms with Crippen LogP contribution in [0.15, 0.2) is 89.8 Å². The van der Waals surface area contributed by atoms with Gasteiger partial charge in [-0.1, -0.05) is 72.8 Å². The highest BCUT2D eigenvalue weighted by molar-refractivity contribution is 8.00. The molecular formula is C23H23NOS. The Balaban J connectivity index is 1.82. The van der Waals surface area contributed by atoms with E-state index in [1.54, 1.807) is 11.8 Å². The van der Waals surface area contributed by atoms with Crippen molar-refractivity contribution in [1.82, 2.24) is 5.32 Å². The standard InChI is InChI=1S/C23H23NOS/c1-17-11-9-10-16-21(17)22(19-12-5-3-6-13-19)24-23(25)18(2)26-20-14-7-4-8-15-20/h3-16,18,22H,1-2H3,(H,24,25)/t18-,22-/m0/s1. The largest absolute Gasteiger partial charge is 0.344 e. The highest BCUT2D eigenvalue weighted by Crippen LogP contribution is 2.27. The highest BCUT2D eigenvalue weighted by atomic mass is 32.2. The van der Waals surface area contributed by atoms with Crippen LogP contribution in [0.2, 0.25) is 0 Å². The number of carbonyl (C=O) groups excluding carboxylic acids is 1. The summed E-state index contributed by atoms with van der Waals surface area (Å²) in [6, 6.07) is 28.2. The summed E-state index contributed by atoms with van der Waals surface area (Å²) < 4.78 is 0. The Morgan fingerprint density at radius 1 is 0.846 bits per heavy atom. The van der Waals surface area contributed by atoms with Crippen molar-refractivity contribution in [1.29, 1.82) is 0 Å². The summed E-state index contributed by atoms with van der Waals surface area (Å²) in [4.78, 5) is 14.0. The first-order chi connectivity index (χ1) is 12.6. The van der Waals surface area contributed by atoms with E-state index in [1.807, 2.05) is 67.6 Å². The molecule has 132 valence electrons. The third-order valence-electron chi connectivity index (χ3n) is 4.34. The van der Waals surface area contributed by atoms with Crippen LogP contribution in [0, 0.1) is 6.92 Å². The van der Waals surface area contributed by atoms with E-state index in [4.69, 9.17) is 0 Å². The zero-order chi connectivity index (χ0) is 18.4. The Morgan fingerprint density at radius 3 is 2.08 bits per heavy atom. The topological polar surface area (TPSA) is 29.1 Å². The van der Waals surface area contributed by atoms with Gasteiger partial charge >= 0.3 is 0 Å². The average Bonchev–Trinajstić information content (AvgIpc) is 2.68. The molecule has 0 bridgehead atoms. The predicted molar refractivity (Wildman–Crippen MR) is 109 cm³/mol. The second-order valence-electron chi connectivity index (χ2n) is 6.28. The normalized spacial score (nSPS) is 13.0. The first kappa shape index (κ1) is 18.3. The molecule has 0 unspecified atom stereocenters. The highest BCUT2D eigenvalue weighted by Gasteiger charge is 2.22. The lowest BCUT2D eigenvalue weighted by Crippen LogP contribution is -2.35. The van der Waals surface area contributed by atoms with Crippen LogP contribution in [-0.2, 0) is 4.79 Å². The van der Waals surface area contributed by atoms with E-state index in [2.05, 4.69) is 36.5 Å². The molecule has 2 atom stereocenters. The Hall–Kier alpha value is -2.52. The van der Waals surface area contributed by atoms with Crippen LogP contribution in [-0.4, -0.2) is 11.2 Å². The molecule has 1 amide bonds. The van der Waals surface area contributed by atoms with Gasteiger partial charge in [-0.2, -0.15) is 0 Å². The van der Waals surface area contributed by atoms with Gasteiger partial charge in [-0.15, -0.1) is 11.8 Å². The lowest BCUT2D eigenvalue weighted by molar-refractivity contribution is -0.120. The number of amides is 1. The van der Waals surface area contributed by atoms with Gasteiger partial charge in [-0.3, -0.25) is 4.79 Å². The molecule has 3 heteroatoms. The zero-order valence-electron chi connectivity index (χ0n) is 15.1. The van der Waals surface area contributed by atoms with Crippen LogP contribution in [0.25, 0.3) is 0 Å². The van der Waals surface area contributed by atoms with Gasteiger partial charge < -0.3 is 5.32 Å². The molecule has 3 aromatic rings. The maximum atomic E-state index is 12.9. The second kappa shape index (κ2) is 8.72. The maximum Gasteiger partial charge on any atom is 0.233 e. The van der Waals surface area contributed by atoms with Crippen molar-refractivity contribution < 1.29 is 4.79 Å². The molecule has 0 heterocycles. The Morgan fingerprint density at radius 2 is 1.42 bits per heavy atom. The van der Waals surface area contributed by atoms with E-state index in [9.17, 15) is 4.79 Å². The second-order valence-corrected chi connectivity index (χ2v) is 7.70. The van der Waals surface area contributed by atoms with E-state index in [1.165, 1.54) is 5.56 Å². The van der Waals surface area contributed by atoms with E-state index < -0.39 is 0 Å². The van der Waals surface area contributed by atoms with Gasteiger partial charge in [0.2, 0.25) is 5.91 Å². The Bertz CT molecular complexity index is 848. The van der Waals surface area contributed by atoms with Crippen LogP contribution < -0.4 is 5.32 Å². The number of hydrogen-bond donors (Lipinski definition) is 1. The number of thioether (sulfide) groups is 1. The van der Waals surface area contributed by atoms with E-state index >= 15 is 0 Å². The molecule has 0 spiro atoms. The third kappa shape index (κ3) is 4.55. The van der Waals surface area contributed by atoms with E-state index in [0.29, 0.717) is 0 Å². The quantitative estimate of drug-likeness (QED) is 0.597. The van der Waals surface area contributed by atoms with Crippen molar-refractivity contribution in [2.45, 2.75) is 30.0 Å². The number of aryl methyl sites for hydroxylation is 1. The molecule has 0 saturated heterocycles. The van der Waals surface area contributed by atoms with E-state index in [-0.39, 0.29) is 17.2 Å². The summed E-state index contributed by atoms with van der Waals surface area (Å²) in [7, 11) is 0. The molecule has 1 N–H and O–H groups in total. The predicted octanol–water partition coefficient (Wildman–Crippen LogP) is 5.38. The number of benzene rings is 3. The van der Waals surface area contributed by atoms with Crippen molar-refractivity contribution in [2.24, 2.45) is 0 Å². The molecule has 0 fully saturated rings. The lowest BCUT2D eigenvalue weighted by Gasteiger charge is -2.23. The fourth-order valence-corrected chi connectivity index (χ4v) is 3.81. The molecular weight excluding hydrogens is 338 g/mol. The maximum absolute atomic E-state index is 12.9. The lowest BCUT2D eigenvalue weighted by atomic mass is 9.95. The average molecular weight is 362 g/mol. The summed E-state index contributed by atoms with van der Waals surface area (Å²) in [5, 5.41) is 3.08. The van der Waals surface area contributed by atoms with Crippen LogP contribution >= 0.6 is 11.8 Å². The molecule has 0 saturated carbocycles. The van der Waals surface area contributed by atoms with Crippen LogP contribution in [0.3, 0.4) is 0 Å². The van der Waals surface area contributed by atoms with Crippen molar-refractivity contribution in [3.63, 3.8) is 0 Å².